The molecule has 1 aliphatic rings. The number of aryl methyl sites for hydroxylation is 1. The number of nitrogens with zero attached hydrogens (tertiary/aromatic N) is 2. The fraction of sp³-hybridized carbons (Fsp3) is 0.318. The molecule has 7 heteroatoms. The third-order valence-electron chi connectivity index (χ3n) is 5.51. The van der Waals surface area contributed by atoms with Crippen molar-refractivity contribution in [2.45, 2.75) is 39.7 Å². The average molecular weight is 390 g/mol. The molecule has 1 saturated heterocycles. The summed E-state index contributed by atoms with van der Waals surface area (Å²) in [4.78, 5) is 40.3. The molecule has 2 atom stereocenters. The van der Waals surface area contributed by atoms with Crippen molar-refractivity contribution < 1.29 is 14.4 Å². The molecule has 148 valence electrons. The van der Waals surface area contributed by atoms with Crippen LogP contribution in [0, 0.1) is 23.7 Å². The second-order valence-corrected chi connectivity index (χ2v) is 7.61. The Labute approximate surface area is 169 Å². The van der Waals surface area contributed by atoms with Crippen molar-refractivity contribution in [1.82, 2.24) is 15.6 Å². The number of nitriles is 1. The van der Waals surface area contributed by atoms with Gasteiger partial charge in [0.2, 0.25) is 11.8 Å². The second kappa shape index (κ2) is 7.84. The Balaban J connectivity index is 1.68. The summed E-state index contributed by atoms with van der Waals surface area (Å²) in [5, 5.41) is 14.2. The van der Waals surface area contributed by atoms with E-state index in [-0.39, 0.29) is 36.6 Å². The van der Waals surface area contributed by atoms with Gasteiger partial charge in [-0.05, 0) is 55.2 Å². The number of amides is 3. The van der Waals surface area contributed by atoms with Gasteiger partial charge in [-0.2, -0.15) is 5.26 Å². The molecule has 2 heterocycles. The van der Waals surface area contributed by atoms with E-state index in [1.807, 2.05) is 31.2 Å². The topological polar surface area (TPSA) is 112 Å². The van der Waals surface area contributed by atoms with Crippen LogP contribution in [0.1, 0.15) is 59.1 Å². The number of rotatable bonds is 5. The van der Waals surface area contributed by atoms with Gasteiger partial charge in [0, 0.05) is 24.2 Å². The van der Waals surface area contributed by atoms with E-state index < -0.39 is 5.41 Å². The van der Waals surface area contributed by atoms with Crippen molar-refractivity contribution >= 4 is 17.7 Å². The second-order valence-electron chi connectivity index (χ2n) is 7.61. The van der Waals surface area contributed by atoms with Crippen molar-refractivity contribution in [2.24, 2.45) is 5.41 Å². The molecule has 1 aromatic carbocycles. The van der Waals surface area contributed by atoms with Crippen LogP contribution >= 0.6 is 0 Å². The highest BCUT2D eigenvalue weighted by atomic mass is 16.2. The number of pyridine rings is 1. The molecule has 1 aromatic heterocycles. The molecule has 3 amide bonds. The van der Waals surface area contributed by atoms with Gasteiger partial charge in [0.15, 0.2) is 0 Å². The molecule has 2 N–H and O–H groups in total. The average Bonchev–Trinajstić information content (AvgIpc) is 2.97. The van der Waals surface area contributed by atoms with Gasteiger partial charge >= 0.3 is 0 Å². The molecule has 3 rings (SSSR count). The zero-order valence-corrected chi connectivity index (χ0v) is 16.6. The summed E-state index contributed by atoms with van der Waals surface area (Å²) in [7, 11) is 0. The normalized spacial score (nSPS) is 19.4. The molecule has 2 aromatic rings. The molecule has 1 fully saturated rings. The molecule has 1 aliphatic heterocycles. The Morgan fingerprint density at radius 3 is 2.59 bits per heavy atom. The smallest absolute Gasteiger partial charge is 0.251 e. The van der Waals surface area contributed by atoms with Crippen molar-refractivity contribution in [1.29, 1.82) is 5.26 Å². The molecule has 0 spiro atoms. The highest BCUT2D eigenvalue weighted by molar-refractivity contribution is 6.06. The van der Waals surface area contributed by atoms with Crippen LogP contribution in [0.25, 0.3) is 0 Å². The van der Waals surface area contributed by atoms with E-state index in [1.54, 1.807) is 32.0 Å². The predicted molar refractivity (Wildman–Crippen MR) is 106 cm³/mol. The van der Waals surface area contributed by atoms with E-state index in [4.69, 9.17) is 5.26 Å². The molecule has 0 aliphatic carbocycles. The third-order valence-corrected chi connectivity index (χ3v) is 5.51. The Hall–Kier alpha value is -3.53. The number of hydrogen-bond donors (Lipinski definition) is 2. The van der Waals surface area contributed by atoms with Gasteiger partial charge in [-0.1, -0.05) is 19.1 Å². The molecule has 29 heavy (non-hydrogen) atoms. The first-order valence-corrected chi connectivity index (χ1v) is 9.33. The number of aromatic nitrogens is 1. The number of nitrogens with one attached hydrogen (secondary N) is 2. The summed E-state index contributed by atoms with van der Waals surface area (Å²) in [6.45, 7) is 5.77. The van der Waals surface area contributed by atoms with E-state index in [1.165, 1.54) is 0 Å². The fourth-order valence-electron chi connectivity index (χ4n) is 3.55. The third kappa shape index (κ3) is 4.16. The SMILES string of the molecule is Cc1cc(CNC(=O)c2ccc([C@@H](C)[C@]3(C)CC(=O)NC3=O)cc2)cc(C#N)n1. The molecular formula is C22H22N4O3. The van der Waals surface area contributed by atoms with Gasteiger partial charge in [-0.25, -0.2) is 4.98 Å². The Morgan fingerprint density at radius 2 is 2.00 bits per heavy atom. The Morgan fingerprint density at radius 1 is 1.31 bits per heavy atom. The lowest BCUT2D eigenvalue weighted by molar-refractivity contribution is -0.128. The maximum absolute atomic E-state index is 12.5. The minimum atomic E-state index is -0.793. The summed E-state index contributed by atoms with van der Waals surface area (Å²) < 4.78 is 0. The molecule has 0 unspecified atom stereocenters. The van der Waals surface area contributed by atoms with Gasteiger partial charge in [0.25, 0.3) is 5.91 Å². The molecule has 0 bridgehead atoms. The Kier molecular flexibility index (Phi) is 5.46. The monoisotopic (exact) mass is 390 g/mol. The lowest BCUT2D eigenvalue weighted by Gasteiger charge is -2.28. The number of carbonyl (C=O) groups excluding carboxylic acids is 3. The highest BCUT2D eigenvalue weighted by Gasteiger charge is 2.46. The maximum Gasteiger partial charge on any atom is 0.251 e. The van der Waals surface area contributed by atoms with Crippen LogP contribution in [0.2, 0.25) is 0 Å². The van der Waals surface area contributed by atoms with E-state index in [0.29, 0.717) is 11.3 Å². The van der Waals surface area contributed by atoms with Crippen LogP contribution in [0.3, 0.4) is 0 Å². The lowest BCUT2D eigenvalue weighted by atomic mass is 9.73. The number of carbonyl (C=O) groups is 3. The highest BCUT2D eigenvalue weighted by Crippen LogP contribution is 2.41. The minimum Gasteiger partial charge on any atom is -0.348 e. The largest absolute Gasteiger partial charge is 0.348 e. The maximum atomic E-state index is 12.5. The molecule has 0 saturated carbocycles. The van der Waals surface area contributed by atoms with E-state index >= 15 is 0 Å². The van der Waals surface area contributed by atoms with Crippen LogP contribution in [-0.2, 0) is 16.1 Å². The van der Waals surface area contributed by atoms with Gasteiger partial charge in [-0.3, -0.25) is 19.7 Å². The first-order valence-electron chi connectivity index (χ1n) is 9.33. The standard InChI is InChI=1S/C22H22N4O3/c1-13-8-15(9-18(11-23)25-13)12-24-20(28)17-6-4-16(5-7-17)14(2)22(3)10-19(27)26-21(22)29/h4-9,14H,10,12H2,1-3H3,(H,24,28)(H,26,27,29)/t14-,22+/m1/s1. The first kappa shape index (κ1) is 20.2. The molecule has 7 nitrogen and oxygen atoms in total. The summed E-state index contributed by atoms with van der Waals surface area (Å²) in [6.07, 6.45) is 0.158. The zero-order chi connectivity index (χ0) is 21.2. The van der Waals surface area contributed by atoms with E-state index in [2.05, 4.69) is 15.6 Å². The van der Waals surface area contributed by atoms with Crippen LogP contribution in [0.5, 0.6) is 0 Å². The zero-order valence-electron chi connectivity index (χ0n) is 16.6. The summed E-state index contributed by atoms with van der Waals surface area (Å²) in [5.41, 5.74) is 2.42. The molecule has 0 radical (unpaired) electrons. The van der Waals surface area contributed by atoms with E-state index in [9.17, 15) is 14.4 Å². The lowest BCUT2D eigenvalue weighted by Crippen LogP contribution is -2.33. The van der Waals surface area contributed by atoms with Gasteiger partial charge in [0.1, 0.15) is 11.8 Å². The number of hydrogen-bond acceptors (Lipinski definition) is 5. The summed E-state index contributed by atoms with van der Waals surface area (Å²) in [6, 6.07) is 12.5. The van der Waals surface area contributed by atoms with Crippen molar-refractivity contribution in [3.8, 4) is 6.07 Å². The van der Waals surface area contributed by atoms with Crippen molar-refractivity contribution in [3.63, 3.8) is 0 Å². The van der Waals surface area contributed by atoms with Crippen LogP contribution in [0.15, 0.2) is 36.4 Å². The van der Waals surface area contributed by atoms with Gasteiger partial charge in [0.05, 0.1) is 5.41 Å². The predicted octanol–water partition coefficient (Wildman–Crippen LogP) is 2.35. The number of imide groups is 1. The Bertz CT molecular complexity index is 1020. The van der Waals surface area contributed by atoms with Gasteiger partial charge in [-0.15, -0.1) is 0 Å². The van der Waals surface area contributed by atoms with Crippen molar-refractivity contribution in [2.75, 3.05) is 0 Å². The van der Waals surface area contributed by atoms with Gasteiger partial charge < -0.3 is 5.32 Å². The van der Waals surface area contributed by atoms with Crippen molar-refractivity contribution in [3.05, 3.63) is 64.5 Å². The summed E-state index contributed by atoms with van der Waals surface area (Å²) >= 11 is 0. The van der Waals surface area contributed by atoms with Crippen LogP contribution in [-0.4, -0.2) is 22.7 Å². The van der Waals surface area contributed by atoms with Crippen LogP contribution in [0.4, 0.5) is 0 Å². The molecular weight excluding hydrogens is 368 g/mol. The first-order chi connectivity index (χ1) is 13.7. The number of benzene rings is 1. The fourth-order valence-corrected chi connectivity index (χ4v) is 3.55. The van der Waals surface area contributed by atoms with E-state index in [0.717, 1.165) is 16.8 Å². The minimum absolute atomic E-state index is 0.158. The van der Waals surface area contributed by atoms with Crippen LogP contribution < -0.4 is 10.6 Å². The summed E-state index contributed by atoms with van der Waals surface area (Å²) in [5.74, 6) is -0.931. The quantitative estimate of drug-likeness (QED) is 0.761.